The van der Waals surface area contributed by atoms with E-state index in [1.54, 1.807) is 0 Å². The summed E-state index contributed by atoms with van der Waals surface area (Å²) >= 11 is 0. The van der Waals surface area contributed by atoms with Gasteiger partial charge < -0.3 is 9.47 Å². The Bertz CT molecular complexity index is 929. The van der Waals surface area contributed by atoms with Gasteiger partial charge in [-0.2, -0.15) is 0 Å². The lowest BCUT2D eigenvalue weighted by Gasteiger charge is -2.13. The van der Waals surface area contributed by atoms with E-state index >= 15 is 0 Å². The molecule has 6 nitrogen and oxygen atoms in total. The molecule has 0 aliphatic rings. The van der Waals surface area contributed by atoms with Gasteiger partial charge in [-0.3, -0.25) is 0 Å². The van der Waals surface area contributed by atoms with Crippen molar-refractivity contribution in [2.24, 2.45) is 0 Å². The number of nitrogens with zero attached hydrogens (tertiary/aromatic N) is 1. The summed E-state index contributed by atoms with van der Waals surface area (Å²) in [5, 5.41) is 0. The smallest absolute Gasteiger partial charge is 0.341 e. The topological polar surface area (TPSA) is 72.9 Å². The minimum absolute atomic E-state index is 0.0349. The van der Waals surface area contributed by atoms with Gasteiger partial charge in [0.15, 0.2) is 11.6 Å². The van der Waals surface area contributed by atoms with Gasteiger partial charge in [0.1, 0.15) is 12.4 Å². The van der Waals surface area contributed by atoms with Gasteiger partial charge in [-0.05, 0) is 35.9 Å². The lowest BCUT2D eigenvalue weighted by atomic mass is 10.2. The summed E-state index contributed by atoms with van der Waals surface area (Å²) in [7, 11) is 0.109. The summed E-state index contributed by atoms with van der Waals surface area (Å²) in [5.41, 5.74) is -0.198. The lowest BCUT2D eigenvalue weighted by Crippen LogP contribution is -2.22. The minimum Gasteiger partial charge on any atom is -0.494 e. The van der Waals surface area contributed by atoms with Crippen LogP contribution < -0.4 is 4.74 Å². The number of benzene rings is 2. The van der Waals surface area contributed by atoms with Crippen LogP contribution in [0.2, 0.25) is 0 Å². The monoisotopic (exact) mass is 385 g/mol. The lowest BCUT2D eigenvalue weighted by molar-refractivity contribution is 0.0466. The molecule has 2 aromatic carbocycles. The molecule has 0 atom stereocenters. The number of hydrogen-bond donors (Lipinski definition) is 0. The number of methoxy groups -OCH3 is 1. The van der Waals surface area contributed by atoms with E-state index in [-0.39, 0.29) is 17.3 Å². The number of rotatable bonds is 6. The predicted octanol–water partition coefficient (Wildman–Crippen LogP) is 2.58. The van der Waals surface area contributed by atoms with Crippen LogP contribution in [-0.4, -0.2) is 39.9 Å². The molecule has 0 saturated carbocycles. The van der Waals surface area contributed by atoms with Crippen LogP contribution in [0.3, 0.4) is 0 Å². The molecule has 140 valence electrons. The van der Waals surface area contributed by atoms with Crippen molar-refractivity contribution >= 4 is 16.0 Å². The first kappa shape index (κ1) is 19.8. The third-order valence-corrected chi connectivity index (χ3v) is 5.33. The number of sulfonamides is 1. The summed E-state index contributed by atoms with van der Waals surface area (Å²) in [6.45, 7) is -0.316. The molecule has 0 spiro atoms. The first-order chi connectivity index (χ1) is 12.2. The van der Waals surface area contributed by atoms with Gasteiger partial charge >= 0.3 is 5.97 Å². The molecule has 0 bridgehead atoms. The molecule has 0 amide bonds. The maximum Gasteiger partial charge on any atom is 0.341 e. The largest absolute Gasteiger partial charge is 0.494 e. The molecule has 0 fully saturated rings. The molecule has 2 aromatic rings. The first-order valence-electron chi connectivity index (χ1n) is 7.38. The van der Waals surface area contributed by atoms with Crippen molar-refractivity contribution < 1.29 is 31.5 Å². The van der Waals surface area contributed by atoms with Crippen molar-refractivity contribution in [3.8, 4) is 5.75 Å². The molecule has 0 aromatic heterocycles. The van der Waals surface area contributed by atoms with Crippen molar-refractivity contribution in [3.63, 3.8) is 0 Å². The normalized spacial score (nSPS) is 11.5. The van der Waals surface area contributed by atoms with E-state index < -0.39 is 33.2 Å². The highest BCUT2D eigenvalue weighted by Crippen LogP contribution is 2.20. The maximum absolute atomic E-state index is 13.9. The van der Waals surface area contributed by atoms with Gasteiger partial charge in [0.25, 0.3) is 0 Å². The molecular weight excluding hydrogens is 368 g/mol. The average molecular weight is 385 g/mol. The number of esters is 1. The summed E-state index contributed by atoms with van der Waals surface area (Å²) in [6, 6.07) is 6.80. The Morgan fingerprint density at radius 2 is 1.77 bits per heavy atom. The number of carbonyl (C=O) groups is 1. The van der Waals surface area contributed by atoms with E-state index in [1.165, 1.54) is 33.3 Å². The summed E-state index contributed by atoms with van der Waals surface area (Å²) in [6.07, 6.45) is 0. The van der Waals surface area contributed by atoms with Crippen molar-refractivity contribution in [1.82, 2.24) is 4.31 Å². The summed E-state index contributed by atoms with van der Waals surface area (Å²) in [5.74, 6) is -2.58. The van der Waals surface area contributed by atoms with Crippen molar-refractivity contribution in [2.75, 3.05) is 21.2 Å². The fourth-order valence-electron chi connectivity index (χ4n) is 2.06. The number of carbonyl (C=O) groups excluding carboxylic acids is 1. The Morgan fingerprint density at radius 3 is 2.35 bits per heavy atom. The number of halogens is 2. The second-order valence-corrected chi connectivity index (χ2v) is 7.63. The maximum atomic E-state index is 13.9. The van der Waals surface area contributed by atoms with Crippen LogP contribution in [0.5, 0.6) is 5.75 Å². The average Bonchev–Trinajstić information content (AvgIpc) is 2.59. The van der Waals surface area contributed by atoms with Crippen LogP contribution in [0.15, 0.2) is 41.3 Å². The van der Waals surface area contributed by atoms with E-state index in [9.17, 15) is 22.0 Å². The Labute approximate surface area is 150 Å². The second-order valence-electron chi connectivity index (χ2n) is 5.47. The molecular formula is C17H17F2NO5S. The Balaban J connectivity index is 2.21. The van der Waals surface area contributed by atoms with Crippen LogP contribution in [-0.2, 0) is 21.4 Å². The van der Waals surface area contributed by atoms with Gasteiger partial charge in [0.2, 0.25) is 10.0 Å². The highest BCUT2D eigenvalue weighted by atomic mass is 32.2. The Hall–Kier alpha value is -2.52. The fourth-order valence-corrected chi connectivity index (χ4v) is 2.99. The van der Waals surface area contributed by atoms with E-state index in [0.29, 0.717) is 5.56 Å². The molecule has 0 aliphatic heterocycles. The minimum atomic E-state index is -3.83. The van der Waals surface area contributed by atoms with E-state index in [1.807, 2.05) is 0 Å². The highest BCUT2D eigenvalue weighted by molar-refractivity contribution is 7.89. The summed E-state index contributed by atoms with van der Waals surface area (Å²) in [4.78, 5) is 11.9. The number of hydrogen-bond acceptors (Lipinski definition) is 5. The summed E-state index contributed by atoms with van der Waals surface area (Å²) < 4.78 is 62.4. The van der Waals surface area contributed by atoms with Gasteiger partial charge in [-0.25, -0.2) is 26.3 Å². The fraction of sp³-hybridized carbons (Fsp3) is 0.235. The first-order valence-corrected chi connectivity index (χ1v) is 8.82. The Morgan fingerprint density at radius 1 is 1.08 bits per heavy atom. The molecule has 2 rings (SSSR count). The second kappa shape index (κ2) is 7.79. The van der Waals surface area contributed by atoms with E-state index in [4.69, 9.17) is 9.47 Å². The zero-order valence-corrected chi connectivity index (χ0v) is 15.1. The van der Waals surface area contributed by atoms with Gasteiger partial charge in [-0.1, -0.05) is 6.07 Å². The quantitative estimate of drug-likeness (QED) is 0.715. The molecule has 0 aliphatic carbocycles. The van der Waals surface area contributed by atoms with Crippen molar-refractivity contribution in [2.45, 2.75) is 11.5 Å². The van der Waals surface area contributed by atoms with Crippen LogP contribution in [0.25, 0.3) is 0 Å². The van der Waals surface area contributed by atoms with Gasteiger partial charge in [0.05, 0.1) is 17.6 Å². The third kappa shape index (κ3) is 4.17. The van der Waals surface area contributed by atoms with Crippen molar-refractivity contribution in [1.29, 1.82) is 0 Å². The van der Waals surface area contributed by atoms with Gasteiger partial charge in [0, 0.05) is 14.1 Å². The van der Waals surface area contributed by atoms with Crippen molar-refractivity contribution in [3.05, 3.63) is 59.2 Å². The predicted molar refractivity (Wildman–Crippen MR) is 89.3 cm³/mol. The van der Waals surface area contributed by atoms with Crippen LogP contribution in [0.1, 0.15) is 15.9 Å². The Kier molecular flexibility index (Phi) is 5.94. The molecule has 0 unspecified atom stereocenters. The van der Waals surface area contributed by atoms with Crippen LogP contribution >= 0.6 is 0 Å². The molecule has 26 heavy (non-hydrogen) atoms. The SMILES string of the molecule is COc1ccc(COC(=O)c2cc(S(=O)(=O)N(C)C)ccc2F)cc1F. The zero-order valence-electron chi connectivity index (χ0n) is 14.3. The van der Waals surface area contributed by atoms with E-state index in [0.717, 1.165) is 28.6 Å². The van der Waals surface area contributed by atoms with E-state index in [2.05, 4.69) is 0 Å². The molecule has 0 saturated heterocycles. The van der Waals surface area contributed by atoms with Crippen LogP contribution in [0, 0.1) is 11.6 Å². The molecule has 0 N–H and O–H groups in total. The van der Waals surface area contributed by atoms with Crippen LogP contribution in [0.4, 0.5) is 8.78 Å². The third-order valence-electron chi connectivity index (χ3n) is 3.52. The molecule has 9 heteroatoms. The number of ether oxygens (including phenoxy) is 2. The van der Waals surface area contributed by atoms with Gasteiger partial charge in [-0.15, -0.1) is 0 Å². The molecule has 0 heterocycles. The standard InChI is InChI=1S/C17H17F2NO5S/c1-20(2)26(22,23)12-5-6-14(18)13(9-12)17(21)25-10-11-4-7-16(24-3)15(19)8-11/h4-9H,10H2,1-3H3. The molecule has 0 radical (unpaired) electrons. The highest BCUT2D eigenvalue weighted by Gasteiger charge is 2.22. The zero-order chi connectivity index (χ0) is 19.5.